The lowest BCUT2D eigenvalue weighted by Gasteiger charge is -2.30. The van der Waals surface area contributed by atoms with E-state index in [2.05, 4.69) is 21.9 Å². The molecule has 0 spiro atoms. The van der Waals surface area contributed by atoms with Crippen molar-refractivity contribution in [2.45, 2.75) is 31.6 Å². The monoisotopic (exact) mass is 445 g/mol. The highest BCUT2D eigenvalue weighted by Crippen LogP contribution is 2.22. The lowest BCUT2D eigenvalue weighted by atomic mass is 10.0. The number of hydrogen-bond donors (Lipinski definition) is 2. The van der Waals surface area contributed by atoms with Gasteiger partial charge in [-0.15, -0.1) is 0 Å². The fourth-order valence-electron chi connectivity index (χ4n) is 3.82. The van der Waals surface area contributed by atoms with E-state index in [1.54, 1.807) is 50.4 Å². The molecular weight excluding hydrogens is 414 g/mol. The van der Waals surface area contributed by atoms with Gasteiger partial charge in [0, 0.05) is 30.9 Å². The van der Waals surface area contributed by atoms with E-state index >= 15 is 0 Å². The Hall–Kier alpha value is -2.58. The molecule has 7 nitrogen and oxygen atoms in total. The Balaban J connectivity index is 1.66. The van der Waals surface area contributed by atoms with Gasteiger partial charge in [0.25, 0.3) is 15.9 Å². The quantitative estimate of drug-likeness (QED) is 0.651. The van der Waals surface area contributed by atoms with Crippen molar-refractivity contribution < 1.29 is 17.9 Å². The van der Waals surface area contributed by atoms with Crippen molar-refractivity contribution in [3.05, 3.63) is 53.6 Å². The number of ether oxygens (including phenoxy) is 1. The number of benzene rings is 2. The lowest BCUT2D eigenvalue weighted by Crippen LogP contribution is -2.40. The van der Waals surface area contributed by atoms with Crippen LogP contribution in [-0.4, -0.2) is 52.5 Å². The van der Waals surface area contributed by atoms with Gasteiger partial charge in [-0.05, 0) is 74.2 Å². The van der Waals surface area contributed by atoms with Gasteiger partial charge in [0.1, 0.15) is 5.75 Å². The largest absolute Gasteiger partial charge is 0.497 e. The standard InChI is InChI=1S/C23H31N3O4S/c1-17-5-4-13-26(16-17)14-12-24-23(27)19-7-6-18(2)22(15-19)31(28,29)25-20-8-10-21(30-3)11-9-20/h6-11,15,17,25H,4-5,12-14,16H2,1-3H3,(H,24,27). The minimum absolute atomic E-state index is 0.0841. The second-order valence-corrected chi connectivity index (χ2v) is 9.77. The maximum atomic E-state index is 12.9. The third-order valence-corrected chi connectivity index (χ3v) is 7.06. The first-order chi connectivity index (χ1) is 14.8. The van der Waals surface area contributed by atoms with E-state index in [1.807, 2.05) is 0 Å². The Kier molecular flexibility index (Phi) is 7.56. The number of sulfonamides is 1. The van der Waals surface area contributed by atoms with Crippen LogP contribution in [0.25, 0.3) is 0 Å². The molecule has 1 aliphatic heterocycles. The van der Waals surface area contributed by atoms with Gasteiger partial charge in [-0.3, -0.25) is 9.52 Å². The van der Waals surface area contributed by atoms with Crippen LogP contribution in [0, 0.1) is 12.8 Å². The molecule has 0 aliphatic carbocycles. The van der Waals surface area contributed by atoms with Crippen LogP contribution in [0.5, 0.6) is 5.75 Å². The lowest BCUT2D eigenvalue weighted by molar-refractivity contribution is 0.0943. The number of anilines is 1. The number of rotatable bonds is 8. The smallest absolute Gasteiger partial charge is 0.262 e. The molecule has 31 heavy (non-hydrogen) atoms. The molecule has 8 heteroatoms. The number of aryl methyl sites for hydroxylation is 1. The van der Waals surface area contributed by atoms with Crippen LogP contribution in [-0.2, 0) is 10.0 Å². The maximum absolute atomic E-state index is 12.9. The summed E-state index contributed by atoms with van der Waals surface area (Å²) in [6.45, 7) is 7.41. The topological polar surface area (TPSA) is 87.7 Å². The van der Waals surface area contributed by atoms with E-state index in [1.165, 1.54) is 18.9 Å². The van der Waals surface area contributed by atoms with Crippen LogP contribution in [0.4, 0.5) is 5.69 Å². The SMILES string of the molecule is COc1ccc(NS(=O)(=O)c2cc(C(=O)NCCN3CCCC(C)C3)ccc2C)cc1. The average Bonchev–Trinajstić information content (AvgIpc) is 2.74. The molecule has 0 aromatic heterocycles. The molecule has 2 N–H and O–H groups in total. The number of hydrogen-bond acceptors (Lipinski definition) is 5. The van der Waals surface area contributed by atoms with Crippen molar-refractivity contribution >= 4 is 21.6 Å². The maximum Gasteiger partial charge on any atom is 0.262 e. The van der Waals surface area contributed by atoms with Crippen LogP contribution in [0.2, 0.25) is 0 Å². The number of carbonyl (C=O) groups is 1. The van der Waals surface area contributed by atoms with E-state index in [0.717, 1.165) is 19.6 Å². The normalized spacial score (nSPS) is 17.2. The third-order valence-electron chi connectivity index (χ3n) is 5.54. The molecular formula is C23H31N3O4S. The van der Waals surface area contributed by atoms with Crippen LogP contribution in [0.3, 0.4) is 0 Å². The first-order valence-electron chi connectivity index (χ1n) is 10.6. The molecule has 3 rings (SSSR count). The molecule has 0 saturated carbocycles. The molecule has 0 radical (unpaired) electrons. The summed E-state index contributed by atoms with van der Waals surface area (Å²) < 4.78 is 33.5. The van der Waals surface area contributed by atoms with E-state index in [0.29, 0.717) is 35.0 Å². The van der Waals surface area contributed by atoms with Crippen molar-refractivity contribution in [1.82, 2.24) is 10.2 Å². The first-order valence-corrected chi connectivity index (χ1v) is 12.0. The van der Waals surface area contributed by atoms with Gasteiger partial charge in [-0.25, -0.2) is 8.42 Å². The first kappa shape index (κ1) is 23.1. The molecule has 1 amide bonds. The molecule has 1 heterocycles. The Morgan fingerprint density at radius 3 is 2.61 bits per heavy atom. The Morgan fingerprint density at radius 1 is 1.19 bits per heavy atom. The van der Waals surface area contributed by atoms with Crippen molar-refractivity contribution in [3.63, 3.8) is 0 Å². The van der Waals surface area contributed by atoms with Crippen LogP contribution in [0.1, 0.15) is 35.7 Å². The Bertz CT molecular complexity index is 1010. The summed E-state index contributed by atoms with van der Waals surface area (Å²) in [6.07, 6.45) is 2.45. The average molecular weight is 446 g/mol. The van der Waals surface area contributed by atoms with E-state index < -0.39 is 10.0 Å². The minimum Gasteiger partial charge on any atom is -0.497 e. The molecule has 1 saturated heterocycles. The zero-order chi connectivity index (χ0) is 22.4. The summed E-state index contributed by atoms with van der Waals surface area (Å²) in [5, 5.41) is 2.91. The predicted octanol–water partition coefficient (Wildman–Crippen LogP) is 3.27. The van der Waals surface area contributed by atoms with Crippen molar-refractivity contribution in [2.75, 3.05) is 38.0 Å². The molecule has 2 aromatic carbocycles. The molecule has 1 fully saturated rings. The number of amides is 1. The van der Waals surface area contributed by atoms with Crippen molar-refractivity contribution in [1.29, 1.82) is 0 Å². The van der Waals surface area contributed by atoms with E-state index in [4.69, 9.17) is 4.74 Å². The summed E-state index contributed by atoms with van der Waals surface area (Å²) in [4.78, 5) is 15.1. The van der Waals surface area contributed by atoms with Crippen LogP contribution >= 0.6 is 0 Å². The van der Waals surface area contributed by atoms with E-state index in [9.17, 15) is 13.2 Å². The van der Waals surface area contributed by atoms with Gasteiger partial charge in [-0.2, -0.15) is 0 Å². The van der Waals surface area contributed by atoms with Crippen molar-refractivity contribution in [2.24, 2.45) is 5.92 Å². The molecule has 168 valence electrons. The highest BCUT2D eigenvalue weighted by Gasteiger charge is 2.20. The fraction of sp³-hybridized carbons (Fsp3) is 0.435. The number of methoxy groups -OCH3 is 1. The fourth-order valence-corrected chi connectivity index (χ4v) is 5.15. The summed E-state index contributed by atoms with van der Waals surface area (Å²) in [6, 6.07) is 11.4. The second kappa shape index (κ2) is 10.2. The third kappa shape index (κ3) is 6.21. The molecule has 1 aliphatic rings. The van der Waals surface area contributed by atoms with Crippen LogP contribution in [0.15, 0.2) is 47.4 Å². The van der Waals surface area contributed by atoms with E-state index in [-0.39, 0.29) is 10.8 Å². The van der Waals surface area contributed by atoms with Gasteiger partial charge in [0.2, 0.25) is 0 Å². The zero-order valence-electron chi connectivity index (χ0n) is 18.3. The Labute approximate surface area is 184 Å². The summed E-state index contributed by atoms with van der Waals surface area (Å²) in [5.74, 6) is 1.05. The number of piperidine rings is 1. The highest BCUT2D eigenvalue weighted by molar-refractivity contribution is 7.92. The highest BCUT2D eigenvalue weighted by atomic mass is 32.2. The zero-order valence-corrected chi connectivity index (χ0v) is 19.2. The summed E-state index contributed by atoms with van der Waals surface area (Å²) in [5.41, 5.74) is 1.32. The van der Waals surface area contributed by atoms with Gasteiger partial charge >= 0.3 is 0 Å². The van der Waals surface area contributed by atoms with Gasteiger partial charge in [-0.1, -0.05) is 13.0 Å². The molecule has 1 atom stereocenters. The number of nitrogens with one attached hydrogen (secondary N) is 2. The Morgan fingerprint density at radius 2 is 1.94 bits per heavy atom. The van der Waals surface area contributed by atoms with Gasteiger partial charge in [0.15, 0.2) is 0 Å². The second-order valence-electron chi connectivity index (χ2n) is 8.12. The predicted molar refractivity (Wildman–Crippen MR) is 122 cm³/mol. The van der Waals surface area contributed by atoms with Crippen LogP contribution < -0.4 is 14.8 Å². The number of likely N-dealkylation sites (tertiary alicyclic amines) is 1. The summed E-state index contributed by atoms with van der Waals surface area (Å²) >= 11 is 0. The van der Waals surface area contributed by atoms with Crippen molar-refractivity contribution in [3.8, 4) is 5.75 Å². The van der Waals surface area contributed by atoms with Gasteiger partial charge in [0.05, 0.1) is 12.0 Å². The summed E-state index contributed by atoms with van der Waals surface area (Å²) in [7, 11) is -2.29. The molecule has 1 unspecified atom stereocenters. The molecule has 0 bridgehead atoms. The minimum atomic E-state index is -3.84. The van der Waals surface area contributed by atoms with Gasteiger partial charge < -0.3 is 15.0 Å². The number of nitrogens with zero attached hydrogens (tertiary/aromatic N) is 1. The molecule has 2 aromatic rings. The number of carbonyl (C=O) groups excluding carboxylic acids is 1.